The van der Waals surface area contributed by atoms with Crippen LogP contribution in [-0.2, 0) is 0 Å². The van der Waals surface area contributed by atoms with Gasteiger partial charge in [-0.05, 0) is 12.3 Å². The second kappa shape index (κ2) is 6.95. The first kappa shape index (κ1) is 15.3. The summed E-state index contributed by atoms with van der Waals surface area (Å²) in [6, 6.07) is 2.71. The van der Waals surface area contributed by atoms with Crippen LogP contribution in [0.4, 0.5) is 5.69 Å². The van der Waals surface area contributed by atoms with Crippen LogP contribution in [0.15, 0.2) is 17.0 Å². The lowest BCUT2D eigenvalue weighted by Gasteiger charge is -2.10. The molecule has 1 rings (SSSR count). The first-order valence-corrected chi connectivity index (χ1v) is 6.66. The molecule has 0 atom stereocenters. The normalized spacial score (nSPS) is 10.1. The number of hydrogen-bond acceptors (Lipinski definition) is 6. The highest BCUT2D eigenvalue weighted by Gasteiger charge is 2.23. The lowest BCUT2D eigenvalue weighted by Crippen LogP contribution is -2.29. The van der Waals surface area contributed by atoms with Gasteiger partial charge in [-0.15, -0.1) is 11.8 Å². The van der Waals surface area contributed by atoms with Crippen LogP contribution in [0.5, 0.6) is 5.75 Å². The molecule has 0 bridgehead atoms. The number of amides is 1. The van der Waals surface area contributed by atoms with Gasteiger partial charge in [0.15, 0.2) is 0 Å². The molecule has 1 amide bonds. The van der Waals surface area contributed by atoms with E-state index in [1.54, 1.807) is 6.26 Å². The van der Waals surface area contributed by atoms with Gasteiger partial charge in [-0.1, -0.05) is 0 Å². The number of benzene rings is 1. The molecule has 0 aliphatic heterocycles. The number of rotatable bonds is 6. The SMILES string of the molecule is COc1cc([N+](=O)[O-])c(C(=O)NCCN)cc1SC. The van der Waals surface area contributed by atoms with Crippen molar-refractivity contribution in [3.63, 3.8) is 0 Å². The molecule has 1 aromatic carbocycles. The number of thioether (sulfide) groups is 1. The van der Waals surface area contributed by atoms with E-state index in [-0.39, 0.29) is 24.3 Å². The molecule has 19 heavy (non-hydrogen) atoms. The van der Waals surface area contributed by atoms with E-state index < -0.39 is 10.8 Å². The number of nitrogens with two attached hydrogens (primary N) is 1. The molecule has 0 aliphatic rings. The third-order valence-corrected chi connectivity index (χ3v) is 3.13. The number of nitrogens with zero attached hydrogens (tertiary/aromatic N) is 1. The number of nitro benzene ring substituents is 1. The van der Waals surface area contributed by atoms with Crippen LogP contribution in [-0.4, -0.2) is 37.3 Å². The van der Waals surface area contributed by atoms with Gasteiger partial charge in [-0.3, -0.25) is 14.9 Å². The van der Waals surface area contributed by atoms with Crippen molar-refractivity contribution in [2.45, 2.75) is 4.90 Å². The Bertz CT molecular complexity index is 493. The van der Waals surface area contributed by atoms with Gasteiger partial charge in [0.25, 0.3) is 11.6 Å². The maximum Gasteiger partial charge on any atom is 0.285 e. The van der Waals surface area contributed by atoms with Crippen molar-refractivity contribution < 1.29 is 14.5 Å². The van der Waals surface area contributed by atoms with Crippen molar-refractivity contribution in [1.29, 1.82) is 0 Å². The molecule has 3 N–H and O–H groups in total. The van der Waals surface area contributed by atoms with Gasteiger partial charge in [0.2, 0.25) is 0 Å². The van der Waals surface area contributed by atoms with Crippen LogP contribution in [0.2, 0.25) is 0 Å². The maximum atomic E-state index is 11.9. The largest absolute Gasteiger partial charge is 0.495 e. The average molecular weight is 285 g/mol. The molecule has 8 heteroatoms. The van der Waals surface area contributed by atoms with E-state index in [4.69, 9.17) is 10.5 Å². The van der Waals surface area contributed by atoms with Gasteiger partial charge >= 0.3 is 0 Å². The fourth-order valence-electron chi connectivity index (χ4n) is 1.48. The average Bonchev–Trinajstić information content (AvgIpc) is 2.42. The van der Waals surface area contributed by atoms with Crippen LogP contribution in [0, 0.1) is 10.1 Å². The highest BCUT2D eigenvalue weighted by Crippen LogP contribution is 2.34. The van der Waals surface area contributed by atoms with Crippen molar-refractivity contribution in [3.8, 4) is 5.75 Å². The predicted molar refractivity (Wildman–Crippen MR) is 72.8 cm³/mol. The Morgan fingerprint density at radius 1 is 1.58 bits per heavy atom. The molecule has 0 radical (unpaired) electrons. The number of ether oxygens (including phenoxy) is 1. The van der Waals surface area contributed by atoms with Crippen LogP contribution in [0.25, 0.3) is 0 Å². The maximum absolute atomic E-state index is 11.9. The van der Waals surface area contributed by atoms with E-state index >= 15 is 0 Å². The molecule has 0 spiro atoms. The number of nitro groups is 1. The Morgan fingerprint density at radius 2 is 2.26 bits per heavy atom. The molecule has 1 aromatic rings. The number of carbonyl (C=O) groups is 1. The van der Waals surface area contributed by atoms with Crippen LogP contribution in [0.1, 0.15) is 10.4 Å². The molecule has 0 fully saturated rings. The summed E-state index contributed by atoms with van der Waals surface area (Å²) in [4.78, 5) is 22.9. The highest BCUT2D eigenvalue weighted by atomic mass is 32.2. The minimum atomic E-state index is -0.607. The van der Waals surface area contributed by atoms with E-state index in [0.717, 1.165) is 0 Å². The lowest BCUT2D eigenvalue weighted by atomic mass is 10.1. The van der Waals surface area contributed by atoms with Gasteiger partial charge in [0.05, 0.1) is 23.0 Å². The van der Waals surface area contributed by atoms with Crippen molar-refractivity contribution in [2.24, 2.45) is 5.73 Å². The van der Waals surface area contributed by atoms with Crippen molar-refractivity contribution in [3.05, 3.63) is 27.8 Å². The van der Waals surface area contributed by atoms with E-state index in [2.05, 4.69) is 5.32 Å². The molecule has 0 aliphatic carbocycles. The summed E-state index contributed by atoms with van der Waals surface area (Å²) in [5.74, 6) is -0.148. The smallest absolute Gasteiger partial charge is 0.285 e. The first-order chi connectivity index (χ1) is 9.04. The summed E-state index contributed by atoms with van der Waals surface area (Å²) in [6.45, 7) is 0.529. The number of methoxy groups -OCH3 is 1. The third kappa shape index (κ3) is 3.58. The zero-order chi connectivity index (χ0) is 14.4. The fourth-order valence-corrected chi connectivity index (χ4v) is 2.06. The van der Waals surface area contributed by atoms with E-state index in [9.17, 15) is 14.9 Å². The minimum Gasteiger partial charge on any atom is -0.495 e. The minimum absolute atomic E-state index is 0.00333. The quantitative estimate of drug-likeness (QED) is 0.459. The topological polar surface area (TPSA) is 107 Å². The molecule has 7 nitrogen and oxygen atoms in total. The second-order valence-corrected chi connectivity index (χ2v) is 4.37. The summed E-state index contributed by atoms with van der Waals surface area (Å²) in [5.41, 5.74) is 5.00. The molecular weight excluding hydrogens is 270 g/mol. The Balaban J connectivity index is 3.27. The fraction of sp³-hybridized carbons (Fsp3) is 0.364. The predicted octanol–water partition coefficient (Wildman–Crippen LogP) is 1.01. The van der Waals surface area contributed by atoms with Gasteiger partial charge in [-0.25, -0.2) is 0 Å². The zero-order valence-electron chi connectivity index (χ0n) is 10.6. The van der Waals surface area contributed by atoms with Gasteiger partial charge < -0.3 is 15.8 Å². The van der Waals surface area contributed by atoms with E-state index in [0.29, 0.717) is 10.6 Å². The third-order valence-electron chi connectivity index (χ3n) is 2.37. The summed E-state index contributed by atoms with van der Waals surface area (Å²) in [6.07, 6.45) is 1.80. The van der Waals surface area contributed by atoms with Gasteiger partial charge in [0, 0.05) is 13.1 Å². The Kier molecular flexibility index (Phi) is 5.58. The summed E-state index contributed by atoms with van der Waals surface area (Å²) in [5, 5.41) is 13.5. The van der Waals surface area contributed by atoms with E-state index in [1.807, 2.05) is 0 Å². The number of hydrogen-bond donors (Lipinski definition) is 2. The van der Waals surface area contributed by atoms with E-state index in [1.165, 1.54) is 31.0 Å². The molecule has 0 saturated carbocycles. The molecule has 0 aromatic heterocycles. The standard InChI is InChI=1S/C11H15N3O4S/c1-18-9-6-8(14(16)17)7(5-10(9)19-2)11(15)13-4-3-12/h5-6H,3-4,12H2,1-2H3,(H,13,15). The number of carbonyl (C=O) groups excluding carboxylic acids is 1. The molecule has 0 unspecified atom stereocenters. The summed E-state index contributed by atoms with van der Waals surface area (Å²) < 4.78 is 5.07. The van der Waals surface area contributed by atoms with Gasteiger partial charge in [-0.2, -0.15) is 0 Å². The van der Waals surface area contributed by atoms with Crippen molar-refractivity contribution in [2.75, 3.05) is 26.5 Å². The Morgan fingerprint density at radius 3 is 2.74 bits per heavy atom. The lowest BCUT2D eigenvalue weighted by molar-refractivity contribution is -0.385. The zero-order valence-corrected chi connectivity index (χ0v) is 11.5. The van der Waals surface area contributed by atoms with Crippen molar-refractivity contribution >= 4 is 23.4 Å². The monoisotopic (exact) mass is 285 g/mol. The molecular formula is C11H15N3O4S. The highest BCUT2D eigenvalue weighted by molar-refractivity contribution is 7.98. The molecule has 0 heterocycles. The second-order valence-electron chi connectivity index (χ2n) is 3.53. The van der Waals surface area contributed by atoms with Crippen molar-refractivity contribution in [1.82, 2.24) is 5.32 Å². The first-order valence-electron chi connectivity index (χ1n) is 5.43. The van der Waals surface area contributed by atoms with Gasteiger partial charge in [0.1, 0.15) is 11.3 Å². The Labute approximate surface area is 114 Å². The number of nitrogens with one attached hydrogen (secondary N) is 1. The van der Waals surface area contributed by atoms with Crippen LogP contribution in [0.3, 0.4) is 0 Å². The molecule has 104 valence electrons. The van der Waals surface area contributed by atoms with Crippen LogP contribution >= 0.6 is 11.8 Å². The summed E-state index contributed by atoms with van der Waals surface area (Å²) in [7, 11) is 1.42. The Hall–Kier alpha value is -1.80. The molecule has 0 saturated heterocycles. The van der Waals surface area contributed by atoms with Crippen LogP contribution < -0.4 is 15.8 Å². The summed E-state index contributed by atoms with van der Waals surface area (Å²) >= 11 is 1.34.